The average Bonchev–Trinajstić information content (AvgIpc) is 3.01. The van der Waals surface area contributed by atoms with Crippen molar-refractivity contribution >= 4 is 0 Å². The Kier molecular flexibility index (Phi) is 5.21. The van der Waals surface area contributed by atoms with Gasteiger partial charge in [0.2, 0.25) is 0 Å². The number of benzene rings is 1. The molecule has 1 aliphatic heterocycles. The Morgan fingerprint density at radius 3 is 2.96 bits per heavy atom. The number of likely N-dealkylation sites (tertiary alicyclic amines) is 1. The monoisotopic (exact) mass is 329 g/mol. The van der Waals surface area contributed by atoms with Gasteiger partial charge in [0.1, 0.15) is 18.0 Å². The quantitative estimate of drug-likeness (QED) is 0.885. The van der Waals surface area contributed by atoms with E-state index in [0.29, 0.717) is 13.2 Å². The maximum Gasteiger partial charge on any atom is 0.122 e. The summed E-state index contributed by atoms with van der Waals surface area (Å²) < 4.78 is 8.06. The van der Waals surface area contributed by atoms with Crippen molar-refractivity contribution in [2.75, 3.05) is 19.7 Å². The Balaban J connectivity index is 1.60. The normalized spacial score (nSPS) is 21.8. The molecule has 0 unspecified atom stereocenters. The highest BCUT2D eigenvalue weighted by molar-refractivity contribution is 5.31. The molecule has 5 nitrogen and oxygen atoms in total. The van der Waals surface area contributed by atoms with Gasteiger partial charge in [0.15, 0.2) is 0 Å². The molecule has 1 aromatic heterocycles. The van der Waals surface area contributed by atoms with Crippen LogP contribution in [-0.4, -0.2) is 44.9 Å². The summed E-state index contributed by atoms with van der Waals surface area (Å²) in [5.41, 5.74) is 1.50. The third-order valence-electron chi connectivity index (χ3n) is 4.75. The number of para-hydroxylation sites is 1. The maximum atomic E-state index is 11.0. The van der Waals surface area contributed by atoms with Gasteiger partial charge < -0.3 is 14.4 Å². The van der Waals surface area contributed by atoms with E-state index in [0.717, 1.165) is 43.8 Å². The van der Waals surface area contributed by atoms with Gasteiger partial charge in [-0.1, -0.05) is 18.2 Å². The summed E-state index contributed by atoms with van der Waals surface area (Å²) in [7, 11) is 0. The van der Waals surface area contributed by atoms with Gasteiger partial charge in [0, 0.05) is 25.8 Å². The molecule has 1 aliphatic rings. The second-order valence-electron chi connectivity index (χ2n) is 6.76. The van der Waals surface area contributed by atoms with Crippen LogP contribution < -0.4 is 4.74 Å². The number of imidazole rings is 1. The first-order valence-electron chi connectivity index (χ1n) is 8.72. The lowest BCUT2D eigenvalue weighted by molar-refractivity contribution is -0.0626. The smallest absolute Gasteiger partial charge is 0.122 e. The minimum atomic E-state index is -0.794. The first kappa shape index (κ1) is 17.0. The molecule has 1 saturated heterocycles. The molecule has 1 fully saturated rings. The van der Waals surface area contributed by atoms with Crippen molar-refractivity contribution < 1.29 is 9.84 Å². The topological polar surface area (TPSA) is 50.5 Å². The summed E-state index contributed by atoms with van der Waals surface area (Å²) in [6.07, 6.45) is 5.55. The second-order valence-corrected chi connectivity index (χ2v) is 6.76. The van der Waals surface area contributed by atoms with E-state index in [1.54, 1.807) is 0 Å². The van der Waals surface area contributed by atoms with Gasteiger partial charge in [-0.25, -0.2) is 4.98 Å². The van der Waals surface area contributed by atoms with Crippen LogP contribution in [0, 0.1) is 6.92 Å². The van der Waals surface area contributed by atoms with E-state index in [-0.39, 0.29) is 0 Å². The number of rotatable bonds is 6. The van der Waals surface area contributed by atoms with Crippen LogP contribution in [0.15, 0.2) is 36.8 Å². The number of hydrogen-bond donors (Lipinski definition) is 1. The molecule has 130 valence electrons. The zero-order valence-corrected chi connectivity index (χ0v) is 14.6. The van der Waals surface area contributed by atoms with Crippen LogP contribution in [0.4, 0.5) is 0 Å². The van der Waals surface area contributed by atoms with Crippen LogP contribution in [-0.2, 0) is 13.1 Å². The van der Waals surface area contributed by atoms with Gasteiger partial charge in [-0.05, 0) is 44.9 Å². The number of ether oxygens (including phenoxy) is 1. The van der Waals surface area contributed by atoms with E-state index < -0.39 is 5.60 Å². The van der Waals surface area contributed by atoms with E-state index in [1.807, 2.05) is 43.7 Å². The van der Waals surface area contributed by atoms with Gasteiger partial charge in [0.05, 0.1) is 12.0 Å². The van der Waals surface area contributed by atoms with E-state index >= 15 is 0 Å². The van der Waals surface area contributed by atoms with Crippen LogP contribution in [0.3, 0.4) is 0 Å². The van der Waals surface area contributed by atoms with Crippen molar-refractivity contribution in [1.29, 1.82) is 0 Å². The van der Waals surface area contributed by atoms with E-state index in [1.165, 1.54) is 5.69 Å². The number of aliphatic hydroxyl groups is 1. The summed E-state index contributed by atoms with van der Waals surface area (Å²) in [5.74, 6) is 0.854. The number of hydrogen-bond acceptors (Lipinski definition) is 4. The largest absolute Gasteiger partial charge is 0.490 e. The molecule has 1 atom stereocenters. The number of aromatic nitrogens is 2. The van der Waals surface area contributed by atoms with Gasteiger partial charge in [-0.2, -0.15) is 0 Å². The van der Waals surface area contributed by atoms with Crippen molar-refractivity contribution in [3.05, 3.63) is 48.0 Å². The van der Waals surface area contributed by atoms with Crippen molar-refractivity contribution in [3.8, 4) is 5.75 Å². The van der Waals surface area contributed by atoms with Gasteiger partial charge in [-0.15, -0.1) is 0 Å². The molecular formula is C19H27N3O2. The van der Waals surface area contributed by atoms with Crippen LogP contribution in [0.2, 0.25) is 0 Å². The fourth-order valence-corrected chi connectivity index (χ4v) is 3.38. The zero-order valence-electron chi connectivity index (χ0n) is 14.6. The predicted octanol–water partition coefficient (Wildman–Crippen LogP) is 2.62. The van der Waals surface area contributed by atoms with Gasteiger partial charge >= 0.3 is 0 Å². The van der Waals surface area contributed by atoms with Crippen LogP contribution >= 0.6 is 0 Å². The lowest BCUT2D eigenvalue weighted by Gasteiger charge is -2.39. The maximum absolute atomic E-state index is 11.0. The minimum Gasteiger partial charge on any atom is -0.490 e. The number of aryl methyl sites for hydroxylation is 2. The first-order chi connectivity index (χ1) is 11.6. The second kappa shape index (κ2) is 7.36. The number of β-amino-alcohol motifs (C(OH)–C–C–N with tert-alkyl or cyclic N) is 1. The summed E-state index contributed by atoms with van der Waals surface area (Å²) in [6, 6.07) is 7.94. The summed E-state index contributed by atoms with van der Waals surface area (Å²) in [6.45, 7) is 7.85. The molecule has 0 bridgehead atoms. The Labute approximate surface area is 143 Å². The van der Waals surface area contributed by atoms with Crippen LogP contribution in [0.5, 0.6) is 5.75 Å². The zero-order chi connectivity index (χ0) is 17.0. The number of nitrogens with zero attached hydrogens (tertiary/aromatic N) is 3. The predicted molar refractivity (Wildman–Crippen MR) is 94.0 cm³/mol. The van der Waals surface area contributed by atoms with Gasteiger partial charge in [0.25, 0.3) is 0 Å². The molecule has 1 aromatic carbocycles. The molecule has 2 heterocycles. The Hall–Kier alpha value is -1.85. The summed E-state index contributed by atoms with van der Waals surface area (Å²) in [4.78, 5) is 6.53. The molecular weight excluding hydrogens is 302 g/mol. The Bertz CT molecular complexity index is 670. The summed E-state index contributed by atoms with van der Waals surface area (Å²) >= 11 is 0. The van der Waals surface area contributed by atoms with E-state index in [4.69, 9.17) is 4.74 Å². The Morgan fingerprint density at radius 2 is 2.17 bits per heavy atom. The molecule has 0 spiro atoms. The van der Waals surface area contributed by atoms with Gasteiger partial charge in [-0.3, -0.25) is 4.90 Å². The molecule has 3 rings (SSSR count). The Morgan fingerprint density at radius 1 is 1.33 bits per heavy atom. The SMILES string of the molecule is CCn1cncc1CN1CCC[C@@](O)(COc2ccccc2C)C1. The van der Waals surface area contributed by atoms with Crippen molar-refractivity contribution in [3.63, 3.8) is 0 Å². The lowest BCUT2D eigenvalue weighted by Crippen LogP contribution is -2.51. The average molecular weight is 329 g/mol. The first-order valence-corrected chi connectivity index (χ1v) is 8.72. The lowest BCUT2D eigenvalue weighted by atomic mass is 9.93. The third-order valence-corrected chi connectivity index (χ3v) is 4.75. The molecule has 0 aliphatic carbocycles. The molecule has 1 N–H and O–H groups in total. The number of piperidine rings is 1. The van der Waals surface area contributed by atoms with Crippen molar-refractivity contribution in [2.24, 2.45) is 0 Å². The van der Waals surface area contributed by atoms with Crippen LogP contribution in [0.1, 0.15) is 31.0 Å². The fraction of sp³-hybridized carbons (Fsp3) is 0.526. The molecule has 0 radical (unpaired) electrons. The molecule has 5 heteroatoms. The van der Waals surface area contributed by atoms with Crippen LogP contribution in [0.25, 0.3) is 0 Å². The third kappa shape index (κ3) is 3.97. The highest BCUT2D eigenvalue weighted by atomic mass is 16.5. The minimum absolute atomic E-state index is 0.335. The van der Waals surface area contributed by atoms with E-state index in [9.17, 15) is 5.11 Å². The highest BCUT2D eigenvalue weighted by Gasteiger charge is 2.34. The molecule has 0 saturated carbocycles. The van der Waals surface area contributed by atoms with E-state index in [2.05, 4.69) is 21.4 Å². The van der Waals surface area contributed by atoms with Crippen molar-refractivity contribution in [1.82, 2.24) is 14.5 Å². The van der Waals surface area contributed by atoms with Crippen molar-refractivity contribution in [2.45, 2.75) is 45.4 Å². The molecule has 2 aromatic rings. The highest BCUT2D eigenvalue weighted by Crippen LogP contribution is 2.25. The standard InChI is InChI=1S/C19H27N3O2/c1-3-22-15-20-11-17(22)12-21-10-6-9-19(23,13-21)14-24-18-8-5-4-7-16(18)2/h4-5,7-8,11,15,23H,3,6,9-10,12-14H2,1-2H3/t19-/m0/s1. The fourth-order valence-electron chi connectivity index (χ4n) is 3.38. The summed E-state index contributed by atoms with van der Waals surface area (Å²) in [5, 5.41) is 11.0. The molecule has 0 amide bonds. The molecule has 24 heavy (non-hydrogen) atoms.